The molecule has 1 fully saturated rings. The van der Waals surface area contributed by atoms with E-state index < -0.39 is 0 Å². The van der Waals surface area contributed by atoms with Crippen molar-refractivity contribution in [3.63, 3.8) is 0 Å². The summed E-state index contributed by atoms with van der Waals surface area (Å²) in [6, 6.07) is 9.62. The zero-order chi connectivity index (χ0) is 22.5. The van der Waals surface area contributed by atoms with Crippen molar-refractivity contribution >= 4 is 0 Å². The second-order valence-electron chi connectivity index (χ2n) is 7.74. The summed E-state index contributed by atoms with van der Waals surface area (Å²) in [7, 11) is 0. The smallest absolute Gasteiger partial charge is 0.351 e. The van der Waals surface area contributed by atoms with Gasteiger partial charge in [-0.25, -0.2) is 4.79 Å². The molecule has 7 heteroatoms. The summed E-state index contributed by atoms with van der Waals surface area (Å²) in [6.07, 6.45) is 6.06. The normalized spacial score (nSPS) is 17.1. The Balaban J connectivity index is 1.54. The predicted molar refractivity (Wildman–Crippen MR) is 121 cm³/mol. The van der Waals surface area contributed by atoms with Crippen LogP contribution in [0, 0.1) is 11.3 Å². The van der Waals surface area contributed by atoms with Crippen LogP contribution in [0.2, 0.25) is 0 Å². The molecule has 1 saturated heterocycles. The summed E-state index contributed by atoms with van der Waals surface area (Å²) in [4.78, 5) is 16.6. The van der Waals surface area contributed by atoms with Crippen LogP contribution in [-0.2, 0) is 17.7 Å². The molecule has 3 heterocycles. The van der Waals surface area contributed by atoms with Crippen LogP contribution in [0.3, 0.4) is 0 Å². The summed E-state index contributed by atoms with van der Waals surface area (Å²) in [5.74, 6) is 1.00. The molecule has 1 aromatic carbocycles. The van der Waals surface area contributed by atoms with Crippen molar-refractivity contribution in [3.8, 4) is 29.0 Å². The van der Waals surface area contributed by atoms with Crippen molar-refractivity contribution in [2.45, 2.75) is 31.9 Å². The minimum Gasteiger partial charge on any atom is -0.489 e. The van der Waals surface area contributed by atoms with Crippen molar-refractivity contribution in [1.82, 2.24) is 9.55 Å². The molecule has 0 aliphatic carbocycles. The minimum atomic E-state index is -0.315. The van der Waals surface area contributed by atoms with E-state index in [1.165, 1.54) is 0 Å². The Bertz CT molecular complexity index is 1170. The van der Waals surface area contributed by atoms with E-state index in [0.717, 1.165) is 36.3 Å². The summed E-state index contributed by atoms with van der Waals surface area (Å²) >= 11 is 0. The fraction of sp³-hybridized carbons (Fsp3) is 0.320. The predicted octanol–water partition coefficient (Wildman–Crippen LogP) is 3.60. The first-order valence-corrected chi connectivity index (χ1v) is 10.6. The van der Waals surface area contributed by atoms with E-state index in [2.05, 4.69) is 18.1 Å². The number of fused-ring (bicyclic) bond motifs is 3. The number of aryl methyl sites for hydroxylation is 1. The zero-order valence-electron chi connectivity index (χ0n) is 17.9. The summed E-state index contributed by atoms with van der Waals surface area (Å²) < 4.78 is 18.9. The Labute approximate surface area is 186 Å². The molecule has 0 spiro atoms. The molecule has 4 rings (SSSR count). The molecular formula is C25H25N3O4. The van der Waals surface area contributed by atoms with Crippen LogP contribution < -0.4 is 15.2 Å². The van der Waals surface area contributed by atoms with Crippen molar-refractivity contribution in [1.29, 1.82) is 5.26 Å². The van der Waals surface area contributed by atoms with Gasteiger partial charge in [-0.05, 0) is 43.0 Å². The highest BCUT2D eigenvalue weighted by atomic mass is 16.5. The topological polar surface area (TPSA) is 86.4 Å². The van der Waals surface area contributed by atoms with E-state index in [-0.39, 0.29) is 18.4 Å². The Hall–Kier alpha value is -3.63. The van der Waals surface area contributed by atoms with Crippen molar-refractivity contribution in [2.75, 3.05) is 19.8 Å². The van der Waals surface area contributed by atoms with Gasteiger partial charge in [0.1, 0.15) is 19.0 Å². The maximum atomic E-state index is 12.6. The highest BCUT2D eigenvalue weighted by Crippen LogP contribution is 2.32. The van der Waals surface area contributed by atoms with Crippen LogP contribution in [0.4, 0.5) is 0 Å². The van der Waals surface area contributed by atoms with Gasteiger partial charge in [0.2, 0.25) is 5.88 Å². The van der Waals surface area contributed by atoms with E-state index in [4.69, 9.17) is 19.5 Å². The molecular weight excluding hydrogens is 406 g/mol. The maximum Gasteiger partial charge on any atom is 0.351 e. The maximum absolute atomic E-state index is 12.6. The second-order valence-corrected chi connectivity index (χ2v) is 7.74. The Morgan fingerprint density at radius 3 is 3.00 bits per heavy atom. The monoisotopic (exact) mass is 431 g/mol. The number of hydrogen-bond donors (Lipinski definition) is 0. The Kier molecular flexibility index (Phi) is 6.52. The van der Waals surface area contributed by atoms with Gasteiger partial charge in [-0.15, -0.1) is 0 Å². The number of nitriles is 1. The first-order chi connectivity index (χ1) is 15.6. The van der Waals surface area contributed by atoms with Crippen molar-refractivity contribution < 1.29 is 14.2 Å². The molecule has 2 aliphatic heterocycles. The number of nitrogens with zero attached hydrogens (tertiary/aromatic N) is 3. The molecule has 0 N–H and O–H groups in total. The van der Waals surface area contributed by atoms with Crippen LogP contribution in [-0.4, -0.2) is 35.5 Å². The van der Waals surface area contributed by atoms with Crippen LogP contribution in [0.25, 0.3) is 11.3 Å². The van der Waals surface area contributed by atoms with Gasteiger partial charge in [-0.3, -0.25) is 4.57 Å². The SMILES string of the molecule is C=C/C=C(/COc1ccc2c(c1)CCn1c-2cc(OCC2CCCO2)nc1=O)C(=C)C#N. The largest absolute Gasteiger partial charge is 0.489 e. The number of hydrogen-bond acceptors (Lipinski definition) is 6. The number of ether oxygens (including phenoxy) is 3. The standard InChI is InChI=1S/C25H25N3O4/c1-3-5-19(17(2)14-26)15-31-20-7-8-22-18(12-20)9-10-28-23(22)13-24(27-25(28)29)32-16-21-6-4-11-30-21/h3,5,7-8,12-13,21H,1-2,4,6,9-11,15-16H2/b19-5-. The van der Waals surface area contributed by atoms with E-state index in [0.29, 0.717) is 42.3 Å². The quantitative estimate of drug-likeness (QED) is 0.469. The molecule has 1 aromatic heterocycles. The van der Waals surface area contributed by atoms with Gasteiger partial charge in [0.05, 0.1) is 23.4 Å². The highest BCUT2D eigenvalue weighted by Gasteiger charge is 2.21. The second kappa shape index (κ2) is 9.67. The van der Waals surface area contributed by atoms with Crippen molar-refractivity contribution in [3.05, 3.63) is 76.8 Å². The number of benzene rings is 1. The third-order valence-corrected chi connectivity index (χ3v) is 5.62. The van der Waals surface area contributed by atoms with E-state index in [1.54, 1.807) is 16.7 Å². The summed E-state index contributed by atoms with van der Waals surface area (Å²) in [6.45, 7) is 9.31. The van der Waals surface area contributed by atoms with E-state index >= 15 is 0 Å². The van der Waals surface area contributed by atoms with Crippen LogP contribution in [0.1, 0.15) is 18.4 Å². The molecule has 32 heavy (non-hydrogen) atoms. The van der Waals surface area contributed by atoms with Gasteiger partial charge in [0, 0.05) is 30.4 Å². The lowest BCUT2D eigenvalue weighted by molar-refractivity contribution is 0.0661. The fourth-order valence-corrected chi connectivity index (χ4v) is 3.91. The van der Waals surface area contributed by atoms with Crippen molar-refractivity contribution in [2.24, 2.45) is 0 Å². The molecule has 1 unspecified atom stereocenters. The third-order valence-electron chi connectivity index (χ3n) is 5.62. The van der Waals surface area contributed by atoms with Gasteiger partial charge in [-0.2, -0.15) is 10.2 Å². The highest BCUT2D eigenvalue weighted by molar-refractivity contribution is 5.67. The lowest BCUT2D eigenvalue weighted by Crippen LogP contribution is -2.29. The molecule has 164 valence electrons. The molecule has 0 radical (unpaired) electrons. The first kappa shape index (κ1) is 21.6. The minimum absolute atomic E-state index is 0.0553. The fourth-order valence-electron chi connectivity index (χ4n) is 3.91. The number of aromatic nitrogens is 2. The first-order valence-electron chi connectivity index (χ1n) is 10.6. The van der Waals surface area contributed by atoms with E-state index in [9.17, 15) is 4.79 Å². The van der Waals surface area contributed by atoms with Gasteiger partial charge >= 0.3 is 5.69 Å². The average molecular weight is 431 g/mol. The molecule has 0 saturated carbocycles. The van der Waals surface area contributed by atoms with Crippen LogP contribution in [0.15, 0.2) is 65.5 Å². The molecule has 0 amide bonds. The van der Waals surface area contributed by atoms with Gasteiger partial charge in [0.25, 0.3) is 0 Å². The summed E-state index contributed by atoms with van der Waals surface area (Å²) in [5.41, 5.74) is 3.52. The summed E-state index contributed by atoms with van der Waals surface area (Å²) in [5, 5.41) is 9.09. The molecule has 7 nitrogen and oxygen atoms in total. The lowest BCUT2D eigenvalue weighted by atomic mass is 9.97. The number of allylic oxidation sites excluding steroid dienone is 2. The molecule has 2 aromatic rings. The molecule has 1 atom stereocenters. The third kappa shape index (κ3) is 4.66. The molecule has 2 aliphatic rings. The Morgan fingerprint density at radius 1 is 1.38 bits per heavy atom. The van der Waals surface area contributed by atoms with Gasteiger partial charge in [0.15, 0.2) is 0 Å². The Morgan fingerprint density at radius 2 is 2.25 bits per heavy atom. The van der Waals surface area contributed by atoms with E-state index in [1.807, 2.05) is 30.3 Å². The lowest BCUT2D eigenvalue weighted by Gasteiger charge is -2.22. The van der Waals surface area contributed by atoms with Gasteiger partial charge < -0.3 is 14.2 Å². The van der Waals surface area contributed by atoms with Gasteiger partial charge in [-0.1, -0.05) is 25.3 Å². The average Bonchev–Trinajstić information content (AvgIpc) is 3.33. The zero-order valence-corrected chi connectivity index (χ0v) is 17.9. The van der Waals surface area contributed by atoms with Crippen LogP contribution >= 0.6 is 0 Å². The van der Waals surface area contributed by atoms with Crippen LogP contribution in [0.5, 0.6) is 11.6 Å². The number of rotatable bonds is 8. The molecule has 0 bridgehead atoms.